The van der Waals surface area contributed by atoms with Crippen LogP contribution in [-0.2, 0) is 20.6 Å². The van der Waals surface area contributed by atoms with E-state index in [2.05, 4.69) is 31.9 Å². The maximum atomic E-state index is 13.8. The van der Waals surface area contributed by atoms with Crippen LogP contribution in [-0.4, -0.2) is 52.6 Å². The van der Waals surface area contributed by atoms with Crippen molar-refractivity contribution in [3.05, 3.63) is 103 Å². The first-order valence-electron chi connectivity index (χ1n) is 16.0. The normalized spacial score (nSPS) is 15.9. The van der Waals surface area contributed by atoms with Crippen LogP contribution in [0.5, 0.6) is 0 Å². The van der Waals surface area contributed by atoms with E-state index in [1.807, 2.05) is 87.0 Å². The van der Waals surface area contributed by atoms with Crippen LogP contribution in [0.15, 0.2) is 91.5 Å². The number of aryl methyl sites for hydroxylation is 2. The summed E-state index contributed by atoms with van der Waals surface area (Å²) < 4.78 is 3.55. The van der Waals surface area contributed by atoms with Gasteiger partial charge in [-0.1, -0.05) is 48.5 Å². The fraction of sp³-hybridized carbons (Fsp3) is 0.250. The second-order valence-electron chi connectivity index (χ2n) is 12.0. The quantitative estimate of drug-likeness (QED) is 0.212. The zero-order valence-electron chi connectivity index (χ0n) is 26.8. The second-order valence-corrected chi connectivity index (χ2v) is 12.0. The molecular weight excluding hydrogens is 602 g/mol. The summed E-state index contributed by atoms with van der Waals surface area (Å²) in [6.07, 6.45) is 10.2. The van der Waals surface area contributed by atoms with Gasteiger partial charge in [0.2, 0.25) is 5.95 Å². The minimum absolute atomic E-state index is 0.0482. The van der Waals surface area contributed by atoms with Gasteiger partial charge in [-0.25, -0.2) is 19.7 Å². The van der Waals surface area contributed by atoms with E-state index in [4.69, 9.17) is 9.97 Å². The van der Waals surface area contributed by atoms with Gasteiger partial charge in [0.1, 0.15) is 23.3 Å². The van der Waals surface area contributed by atoms with Crippen LogP contribution in [0.1, 0.15) is 36.8 Å². The number of urea groups is 1. The lowest BCUT2D eigenvalue weighted by atomic mass is 9.90. The number of fused-ring (bicyclic) bond motifs is 1. The molecule has 2 amide bonds. The lowest BCUT2D eigenvalue weighted by Gasteiger charge is -2.36. The summed E-state index contributed by atoms with van der Waals surface area (Å²) in [6, 6.07) is 23.7. The Morgan fingerprint density at radius 2 is 1.71 bits per heavy atom. The third kappa shape index (κ3) is 6.30. The number of anilines is 2. The summed E-state index contributed by atoms with van der Waals surface area (Å²) in [7, 11) is 3.76. The van der Waals surface area contributed by atoms with E-state index in [-0.39, 0.29) is 18.1 Å². The number of benzene rings is 2. The maximum absolute atomic E-state index is 13.8. The first kappa shape index (κ1) is 30.6. The number of para-hydroxylation sites is 1. The van der Waals surface area contributed by atoms with Crippen LogP contribution < -0.4 is 15.5 Å². The number of aromatic nitrogens is 7. The Balaban J connectivity index is 1.08. The molecule has 12 nitrogen and oxygen atoms in total. The van der Waals surface area contributed by atoms with Gasteiger partial charge in [0.15, 0.2) is 0 Å². The van der Waals surface area contributed by atoms with Gasteiger partial charge >= 0.3 is 6.03 Å². The molecular formula is C36H35N11O. The predicted molar refractivity (Wildman–Crippen MR) is 184 cm³/mol. The van der Waals surface area contributed by atoms with Crippen molar-refractivity contribution in [1.29, 1.82) is 5.26 Å². The topological polar surface area (TPSA) is 142 Å². The number of nitriles is 1. The minimum atomic E-state index is -0.181. The van der Waals surface area contributed by atoms with E-state index in [1.165, 1.54) is 0 Å². The molecule has 0 spiro atoms. The minimum Gasteiger partial charge on any atom is -0.351 e. The zero-order valence-corrected chi connectivity index (χ0v) is 26.8. The highest BCUT2D eigenvalue weighted by Gasteiger charge is 2.31. The molecule has 1 fully saturated rings. The van der Waals surface area contributed by atoms with Crippen molar-refractivity contribution < 1.29 is 4.79 Å². The Labute approximate surface area is 278 Å². The first-order valence-corrected chi connectivity index (χ1v) is 16.0. The molecule has 7 rings (SSSR count). The standard InChI is InChI=1S/C36H35N11O/c1-45-23-27(22-41-45)25-12-17-32(38-20-25)47(36(48)40-19-24-8-4-3-5-9-24)29-15-13-28(14-16-29)42-35-39-21-26(18-37)33(43-35)34-30-10-6-7-11-31(30)46(2)44-34/h3-12,17,20-23,28-29H,13-16,19H2,1-2H3,(H,40,48)(H,39,42,43). The van der Waals surface area contributed by atoms with Crippen LogP contribution in [0.4, 0.5) is 16.6 Å². The first-order chi connectivity index (χ1) is 23.5. The number of amides is 2. The van der Waals surface area contributed by atoms with Gasteiger partial charge in [-0.2, -0.15) is 15.5 Å². The van der Waals surface area contributed by atoms with E-state index in [9.17, 15) is 10.1 Å². The highest BCUT2D eigenvalue weighted by molar-refractivity contribution is 5.94. The molecule has 2 N–H and O–H groups in total. The molecule has 1 aliphatic carbocycles. The van der Waals surface area contributed by atoms with E-state index >= 15 is 0 Å². The summed E-state index contributed by atoms with van der Waals surface area (Å²) in [5, 5.41) is 26.3. The number of pyridine rings is 1. The number of hydrogen-bond acceptors (Lipinski definition) is 8. The molecule has 4 aromatic heterocycles. The summed E-state index contributed by atoms with van der Waals surface area (Å²) >= 11 is 0. The highest BCUT2D eigenvalue weighted by Crippen LogP contribution is 2.32. The monoisotopic (exact) mass is 637 g/mol. The van der Waals surface area contributed by atoms with Crippen LogP contribution in [0, 0.1) is 11.3 Å². The number of rotatable bonds is 8. The van der Waals surface area contributed by atoms with Crippen molar-refractivity contribution in [3.63, 3.8) is 0 Å². The van der Waals surface area contributed by atoms with Gasteiger partial charge in [-0.05, 0) is 49.4 Å². The second kappa shape index (κ2) is 13.3. The van der Waals surface area contributed by atoms with Crippen molar-refractivity contribution in [1.82, 2.24) is 39.8 Å². The summed E-state index contributed by atoms with van der Waals surface area (Å²) in [5.41, 5.74) is 5.41. The Hall–Kier alpha value is -6.09. The Morgan fingerprint density at radius 3 is 2.44 bits per heavy atom. The molecule has 12 heteroatoms. The van der Waals surface area contributed by atoms with Crippen LogP contribution in [0.25, 0.3) is 33.4 Å². The predicted octanol–water partition coefficient (Wildman–Crippen LogP) is 5.84. The van der Waals surface area contributed by atoms with Gasteiger partial charge in [0.25, 0.3) is 0 Å². The van der Waals surface area contributed by atoms with Crippen molar-refractivity contribution in [2.45, 2.75) is 44.3 Å². The Bertz CT molecular complexity index is 2090. The molecule has 1 aliphatic rings. The van der Waals surface area contributed by atoms with E-state index in [0.717, 1.165) is 53.3 Å². The van der Waals surface area contributed by atoms with Crippen molar-refractivity contribution in [2.75, 3.05) is 10.2 Å². The molecule has 4 heterocycles. The smallest absolute Gasteiger partial charge is 0.323 e. The molecule has 0 atom stereocenters. The van der Waals surface area contributed by atoms with Crippen LogP contribution in [0.2, 0.25) is 0 Å². The molecule has 48 heavy (non-hydrogen) atoms. The SMILES string of the molecule is Cn1cc(-c2ccc(N(C(=O)NCc3ccccc3)C3CCC(Nc4ncc(C#N)c(-c5nn(C)c6ccccc56)n4)CC3)nc2)cn1. The molecule has 6 aromatic rings. The van der Waals surface area contributed by atoms with Crippen molar-refractivity contribution in [2.24, 2.45) is 14.1 Å². The van der Waals surface area contributed by atoms with Crippen molar-refractivity contribution in [3.8, 4) is 28.6 Å². The van der Waals surface area contributed by atoms with Gasteiger partial charge in [0, 0.05) is 61.6 Å². The summed E-state index contributed by atoms with van der Waals surface area (Å²) in [6.45, 7) is 0.421. The molecule has 0 unspecified atom stereocenters. The third-order valence-corrected chi connectivity index (χ3v) is 8.82. The van der Waals surface area contributed by atoms with E-state index < -0.39 is 0 Å². The number of nitrogens with one attached hydrogen (secondary N) is 2. The Kier molecular flexibility index (Phi) is 8.49. The number of nitrogens with zero attached hydrogens (tertiary/aromatic N) is 9. The fourth-order valence-corrected chi connectivity index (χ4v) is 6.35. The molecule has 240 valence electrons. The largest absolute Gasteiger partial charge is 0.351 e. The Morgan fingerprint density at radius 1 is 0.917 bits per heavy atom. The average molecular weight is 638 g/mol. The van der Waals surface area contributed by atoms with Gasteiger partial charge < -0.3 is 10.6 Å². The van der Waals surface area contributed by atoms with E-state index in [1.54, 1.807) is 32.9 Å². The molecule has 0 radical (unpaired) electrons. The third-order valence-electron chi connectivity index (χ3n) is 8.82. The zero-order chi connectivity index (χ0) is 33.0. The van der Waals surface area contributed by atoms with Gasteiger partial charge in [-0.15, -0.1) is 0 Å². The molecule has 0 saturated heterocycles. The van der Waals surface area contributed by atoms with Crippen molar-refractivity contribution >= 4 is 28.7 Å². The molecule has 2 aromatic carbocycles. The number of hydrogen-bond donors (Lipinski definition) is 2. The van der Waals surface area contributed by atoms with Crippen LogP contribution in [0.3, 0.4) is 0 Å². The highest BCUT2D eigenvalue weighted by atomic mass is 16.2. The van der Waals surface area contributed by atoms with Gasteiger partial charge in [-0.3, -0.25) is 14.3 Å². The fourth-order valence-electron chi connectivity index (χ4n) is 6.35. The van der Waals surface area contributed by atoms with Crippen LogP contribution >= 0.6 is 0 Å². The lowest BCUT2D eigenvalue weighted by molar-refractivity contribution is 0.240. The molecule has 0 bridgehead atoms. The molecule has 1 saturated carbocycles. The summed E-state index contributed by atoms with van der Waals surface area (Å²) in [5.74, 6) is 1.06. The lowest BCUT2D eigenvalue weighted by Crippen LogP contribution is -2.49. The number of carbonyl (C=O) groups excluding carboxylic acids is 1. The maximum Gasteiger partial charge on any atom is 0.323 e. The number of carbonyl (C=O) groups is 1. The molecule has 0 aliphatic heterocycles. The summed E-state index contributed by atoms with van der Waals surface area (Å²) in [4.78, 5) is 29.5. The van der Waals surface area contributed by atoms with E-state index in [0.29, 0.717) is 35.3 Å². The van der Waals surface area contributed by atoms with Gasteiger partial charge in [0.05, 0.1) is 23.5 Å². The average Bonchev–Trinajstić information content (AvgIpc) is 3.71.